The van der Waals surface area contributed by atoms with Crippen molar-refractivity contribution in [3.63, 3.8) is 0 Å². The SMILES string of the molecule is CNc1ccc2cc(S(=O)(=O)NCC3CCC3)ccc2n1. The highest BCUT2D eigenvalue weighted by atomic mass is 32.2. The van der Waals surface area contributed by atoms with E-state index in [0.29, 0.717) is 17.4 Å². The molecule has 1 aromatic carbocycles. The lowest BCUT2D eigenvalue weighted by atomic mass is 9.86. The number of aromatic nitrogens is 1. The zero-order valence-electron chi connectivity index (χ0n) is 12.0. The summed E-state index contributed by atoms with van der Waals surface area (Å²) >= 11 is 0. The minimum Gasteiger partial charge on any atom is -0.373 e. The zero-order chi connectivity index (χ0) is 14.9. The fraction of sp³-hybridized carbons (Fsp3) is 0.400. The van der Waals surface area contributed by atoms with Crippen LogP contribution in [0, 0.1) is 5.92 Å². The standard InChI is InChI=1S/C15H19N3O2S/c1-16-15-8-5-12-9-13(6-7-14(12)18-15)21(19,20)17-10-11-3-2-4-11/h5-9,11,17H,2-4,10H2,1H3,(H,16,18). The molecule has 3 rings (SSSR count). The number of benzene rings is 1. The molecule has 1 heterocycles. The van der Waals surface area contributed by atoms with Gasteiger partial charge in [-0.2, -0.15) is 0 Å². The van der Waals surface area contributed by atoms with E-state index in [2.05, 4.69) is 15.0 Å². The second-order valence-electron chi connectivity index (χ2n) is 5.45. The monoisotopic (exact) mass is 305 g/mol. The molecule has 1 saturated carbocycles. The van der Waals surface area contributed by atoms with E-state index in [1.807, 2.05) is 12.1 Å². The van der Waals surface area contributed by atoms with Gasteiger partial charge < -0.3 is 5.32 Å². The number of sulfonamides is 1. The lowest BCUT2D eigenvalue weighted by Crippen LogP contribution is -2.32. The average Bonchev–Trinajstić information content (AvgIpc) is 2.44. The van der Waals surface area contributed by atoms with Gasteiger partial charge in [0.15, 0.2) is 0 Å². The summed E-state index contributed by atoms with van der Waals surface area (Å²) in [5.74, 6) is 1.27. The first-order valence-electron chi connectivity index (χ1n) is 7.17. The highest BCUT2D eigenvalue weighted by Gasteiger charge is 2.21. The molecule has 2 aromatic rings. The van der Waals surface area contributed by atoms with Crippen LogP contribution in [0.2, 0.25) is 0 Å². The zero-order valence-corrected chi connectivity index (χ0v) is 12.8. The molecule has 5 nitrogen and oxygen atoms in total. The van der Waals surface area contributed by atoms with Gasteiger partial charge in [-0.3, -0.25) is 0 Å². The molecule has 112 valence electrons. The molecule has 0 aliphatic heterocycles. The van der Waals surface area contributed by atoms with Crippen LogP contribution in [0.5, 0.6) is 0 Å². The molecule has 0 radical (unpaired) electrons. The number of nitrogens with one attached hydrogen (secondary N) is 2. The lowest BCUT2D eigenvalue weighted by molar-refractivity contribution is 0.316. The Morgan fingerprint density at radius 3 is 2.71 bits per heavy atom. The molecular weight excluding hydrogens is 286 g/mol. The third-order valence-corrected chi connectivity index (χ3v) is 5.44. The van der Waals surface area contributed by atoms with Gasteiger partial charge in [0.25, 0.3) is 0 Å². The molecule has 1 fully saturated rings. The van der Waals surface area contributed by atoms with Gasteiger partial charge in [-0.15, -0.1) is 0 Å². The van der Waals surface area contributed by atoms with E-state index in [-0.39, 0.29) is 0 Å². The predicted molar refractivity (Wildman–Crippen MR) is 83.8 cm³/mol. The summed E-state index contributed by atoms with van der Waals surface area (Å²) in [4.78, 5) is 4.69. The summed E-state index contributed by atoms with van der Waals surface area (Å²) < 4.78 is 27.3. The van der Waals surface area contributed by atoms with E-state index in [0.717, 1.165) is 29.6 Å². The molecule has 21 heavy (non-hydrogen) atoms. The highest BCUT2D eigenvalue weighted by Crippen LogP contribution is 2.26. The summed E-state index contributed by atoms with van der Waals surface area (Å²) in [5.41, 5.74) is 0.778. The molecule has 0 spiro atoms. The van der Waals surface area contributed by atoms with Gasteiger partial charge >= 0.3 is 0 Å². The molecule has 1 aromatic heterocycles. The predicted octanol–water partition coefficient (Wildman–Crippen LogP) is 2.35. The molecule has 0 bridgehead atoms. The van der Waals surface area contributed by atoms with E-state index in [4.69, 9.17) is 0 Å². The Kier molecular flexibility index (Phi) is 3.82. The van der Waals surface area contributed by atoms with Gasteiger partial charge in [-0.25, -0.2) is 18.1 Å². The Balaban J connectivity index is 1.85. The van der Waals surface area contributed by atoms with Crippen molar-refractivity contribution in [3.8, 4) is 0 Å². The Hall–Kier alpha value is -1.66. The van der Waals surface area contributed by atoms with Crippen molar-refractivity contribution < 1.29 is 8.42 Å². The van der Waals surface area contributed by atoms with E-state index in [1.165, 1.54) is 6.42 Å². The molecule has 1 aliphatic rings. The van der Waals surface area contributed by atoms with Gasteiger partial charge in [0.05, 0.1) is 10.4 Å². The second kappa shape index (κ2) is 5.61. The van der Waals surface area contributed by atoms with Crippen LogP contribution in [-0.2, 0) is 10.0 Å². The van der Waals surface area contributed by atoms with Crippen molar-refractivity contribution in [2.24, 2.45) is 5.92 Å². The highest BCUT2D eigenvalue weighted by molar-refractivity contribution is 7.89. The van der Waals surface area contributed by atoms with Crippen LogP contribution >= 0.6 is 0 Å². The van der Waals surface area contributed by atoms with Crippen molar-refractivity contribution in [2.75, 3.05) is 18.9 Å². The number of nitrogens with zero attached hydrogens (tertiary/aromatic N) is 1. The first kappa shape index (κ1) is 14.3. The van der Waals surface area contributed by atoms with E-state index in [1.54, 1.807) is 25.2 Å². The molecule has 0 amide bonds. The fourth-order valence-corrected chi connectivity index (χ4v) is 3.57. The van der Waals surface area contributed by atoms with Gasteiger partial charge in [0.1, 0.15) is 5.82 Å². The third-order valence-electron chi connectivity index (χ3n) is 4.01. The summed E-state index contributed by atoms with van der Waals surface area (Å²) in [6.45, 7) is 0.539. The maximum Gasteiger partial charge on any atom is 0.240 e. The number of fused-ring (bicyclic) bond motifs is 1. The van der Waals surface area contributed by atoms with E-state index in [9.17, 15) is 8.42 Å². The van der Waals surface area contributed by atoms with Gasteiger partial charge in [-0.1, -0.05) is 6.42 Å². The summed E-state index contributed by atoms with van der Waals surface area (Å²) in [6.07, 6.45) is 3.45. The van der Waals surface area contributed by atoms with E-state index < -0.39 is 10.0 Å². The van der Waals surface area contributed by atoms with Gasteiger partial charge in [0, 0.05) is 19.0 Å². The maximum atomic E-state index is 12.3. The Morgan fingerprint density at radius 2 is 2.05 bits per heavy atom. The minimum absolute atomic E-state index is 0.299. The Labute approximate surface area is 124 Å². The van der Waals surface area contributed by atoms with Crippen LogP contribution in [0.4, 0.5) is 5.82 Å². The topological polar surface area (TPSA) is 71.1 Å². The maximum absolute atomic E-state index is 12.3. The van der Waals surface area contributed by atoms with Crippen LogP contribution in [0.3, 0.4) is 0 Å². The first-order chi connectivity index (χ1) is 10.1. The van der Waals surface area contributed by atoms with Crippen LogP contribution in [0.15, 0.2) is 35.2 Å². The molecule has 1 aliphatic carbocycles. The summed E-state index contributed by atoms with van der Waals surface area (Å²) in [7, 11) is -1.63. The van der Waals surface area contributed by atoms with Gasteiger partial charge in [-0.05, 0) is 49.1 Å². The minimum atomic E-state index is -3.43. The van der Waals surface area contributed by atoms with Crippen molar-refractivity contribution in [1.29, 1.82) is 0 Å². The van der Waals surface area contributed by atoms with Crippen molar-refractivity contribution in [3.05, 3.63) is 30.3 Å². The molecule has 6 heteroatoms. The number of hydrogen-bond donors (Lipinski definition) is 2. The number of hydrogen-bond acceptors (Lipinski definition) is 4. The smallest absolute Gasteiger partial charge is 0.240 e. The van der Waals surface area contributed by atoms with Crippen LogP contribution in [0.25, 0.3) is 10.9 Å². The number of pyridine rings is 1. The Bertz CT molecular complexity index is 755. The summed E-state index contributed by atoms with van der Waals surface area (Å²) in [5, 5.41) is 3.79. The van der Waals surface area contributed by atoms with Crippen molar-refractivity contribution in [1.82, 2.24) is 9.71 Å². The second-order valence-corrected chi connectivity index (χ2v) is 7.22. The Morgan fingerprint density at radius 1 is 1.24 bits per heavy atom. The van der Waals surface area contributed by atoms with E-state index >= 15 is 0 Å². The van der Waals surface area contributed by atoms with Crippen LogP contribution in [0.1, 0.15) is 19.3 Å². The third kappa shape index (κ3) is 3.01. The van der Waals surface area contributed by atoms with Crippen molar-refractivity contribution >= 4 is 26.7 Å². The number of anilines is 1. The average molecular weight is 305 g/mol. The first-order valence-corrected chi connectivity index (χ1v) is 8.65. The molecule has 0 saturated heterocycles. The van der Waals surface area contributed by atoms with Crippen molar-refractivity contribution in [2.45, 2.75) is 24.2 Å². The number of rotatable bonds is 5. The molecule has 2 N–H and O–H groups in total. The molecule has 0 unspecified atom stereocenters. The molecular formula is C15H19N3O2S. The van der Waals surface area contributed by atoms with Gasteiger partial charge in [0.2, 0.25) is 10.0 Å². The molecule has 0 atom stereocenters. The lowest BCUT2D eigenvalue weighted by Gasteiger charge is -2.25. The van der Waals surface area contributed by atoms with Crippen LogP contribution < -0.4 is 10.0 Å². The largest absolute Gasteiger partial charge is 0.373 e. The fourth-order valence-electron chi connectivity index (χ4n) is 2.42. The normalized spacial score (nSPS) is 15.9. The summed E-state index contributed by atoms with van der Waals surface area (Å²) in [6, 6.07) is 8.73. The quantitative estimate of drug-likeness (QED) is 0.889. The van der Waals surface area contributed by atoms with Crippen LogP contribution in [-0.4, -0.2) is 27.0 Å².